The summed E-state index contributed by atoms with van der Waals surface area (Å²) in [5, 5.41) is 9.60. The standard InChI is InChI=1S/C12H16N2O2/c1-9-8-14(6-4-11(9)15)12(16)10-3-2-5-13-7-10/h2-3,5,7,9,11,15H,4,6,8H2,1H3. The fraction of sp³-hybridized carbons (Fsp3) is 0.500. The van der Waals surface area contributed by atoms with Gasteiger partial charge in [-0.1, -0.05) is 6.92 Å². The number of hydrogen-bond donors (Lipinski definition) is 1. The highest BCUT2D eigenvalue weighted by Gasteiger charge is 2.27. The van der Waals surface area contributed by atoms with E-state index < -0.39 is 0 Å². The Morgan fingerprint density at radius 3 is 3.06 bits per heavy atom. The van der Waals surface area contributed by atoms with E-state index >= 15 is 0 Å². The van der Waals surface area contributed by atoms with Crippen LogP contribution in [0.4, 0.5) is 0 Å². The quantitative estimate of drug-likeness (QED) is 0.765. The molecule has 0 spiro atoms. The highest BCUT2D eigenvalue weighted by molar-refractivity contribution is 5.93. The fourth-order valence-electron chi connectivity index (χ4n) is 1.99. The molecule has 2 unspecified atom stereocenters. The molecule has 0 bridgehead atoms. The zero-order valence-electron chi connectivity index (χ0n) is 9.34. The summed E-state index contributed by atoms with van der Waals surface area (Å²) < 4.78 is 0. The Kier molecular flexibility index (Phi) is 3.19. The van der Waals surface area contributed by atoms with Crippen molar-refractivity contribution in [3.05, 3.63) is 30.1 Å². The van der Waals surface area contributed by atoms with Crippen molar-refractivity contribution in [1.82, 2.24) is 9.88 Å². The summed E-state index contributed by atoms with van der Waals surface area (Å²) in [6.45, 7) is 3.21. The molecule has 1 fully saturated rings. The minimum atomic E-state index is -0.280. The smallest absolute Gasteiger partial charge is 0.255 e. The first-order chi connectivity index (χ1) is 7.68. The highest BCUT2D eigenvalue weighted by atomic mass is 16.3. The van der Waals surface area contributed by atoms with Crippen LogP contribution in [0.3, 0.4) is 0 Å². The van der Waals surface area contributed by atoms with Crippen molar-refractivity contribution in [3.8, 4) is 0 Å². The lowest BCUT2D eigenvalue weighted by Crippen LogP contribution is -2.44. The fourth-order valence-corrected chi connectivity index (χ4v) is 1.99. The van der Waals surface area contributed by atoms with Crippen LogP contribution in [-0.2, 0) is 0 Å². The lowest BCUT2D eigenvalue weighted by Gasteiger charge is -2.34. The Morgan fingerprint density at radius 1 is 1.62 bits per heavy atom. The van der Waals surface area contributed by atoms with Gasteiger partial charge >= 0.3 is 0 Å². The van der Waals surface area contributed by atoms with Crippen molar-refractivity contribution in [2.45, 2.75) is 19.4 Å². The maximum Gasteiger partial charge on any atom is 0.255 e. The number of rotatable bonds is 1. The first-order valence-corrected chi connectivity index (χ1v) is 5.56. The van der Waals surface area contributed by atoms with Crippen LogP contribution in [0.2, 0.25) is 0 Å². The molecule has 2 atom stereocenters. The predicted octanol–water partition coefficient (Wildman–Crippen LogP) is 0.924. The Hall–Kier alpha value is -1.42. The molecule has 2 heterocycles. The van der Waals surface area contributed by atoms with Crippen molar-refractivity contribution < 1.29 is 9.90 Å². The van der Waals surface area contributed by atoms with E-state index in [1.807, 2.05) is 6.92 Å². The molecule has 4 nitrogen and oxygen atoms in total. The molecule has 1 N–H and O–H groups in total. The van der Waals surface area contributed by atoms with Gasteiger partial charge in [0.2, 0.25) is 0 Å². The summed E-state index contributed by atoms with van der Waals surface area (Å²) in [4.78, 5) is 17.8. The van der Waals surface area contributed by atoms with Crippen molar-refractivity contribution in [2.75, 3.05) is 13.1 Å². The van der Waals surface area contributed by atoms with Crippen LogP contribution >= 0.6 is 0 Å². The Bertz CT molecular complexity index is 367. The molecule has 1 aromatic heterocycles. The molecule has 1 aromatic rings. The Morgan fingerprint density at radius 2 is 2.44 bits per heavy atom. The van der Waals surface area contributed by atoms with Crippen molar-refractivity contribution in [3.63, 3.8) is 0 Å². The zero-order chi connectivity index (χ0) is 11.5. The lowest BCUT2D eigenvalue weighted by atomic mass is 9.96. The van der Waals surface area contributed by atoms with Crippen LogP contribution in [0.5, 0.6) is 0 Å². The van der Waals surface area contributed by atoms with Crippen LogP contribution in [0, 0.1) is 5.92 Å². The minimum Gasteiger partial charge on any atom is -0.393 e. The summed E-state index contributed by atoms with van der Waals surface area (Å²) in [5.74, 6) is 0.154. The van der Waals surface area contributed by atoms with Crippen molar-refractivity contribution >= 4 is 5.91 Å². The van der Waals surface area contributed by atoms with Gasteiger partial charge in [-0.25, -0.2) is 0 Å². The number of hydrogen-bond acceptors (Lipinski definition) is 3. The number of aliphatic hydroxyl groups excluding tert-OH is 1. The van der Waals surface area contributed by atoms with E-state index in [2.05, 4.69) is 4.98 Å². The third-order valence-electron chi connectivity index (χ3n) is 3.06. The van der Waals surface area contributed by atoms with Gasteiger partial charge in [-0.15, -0.1) is 0 Å². The van der Waals surface area contributed by atoms with Crippen molar-refractivity contribution in [1.29, 1.82) is 0 Å². The normalized spacial score (nSPS) is 25.5. The van der Waals surface area contributed by atoms with E-state index in [1.54, 1.807) is 29.4 Å². The molecule has 2 rings (SSSR count). The average Bonchev–Trinajstić information content (AvgIpc) is 2.33. The molecule has 1 aliphatic heterocycles. The van der Waals surface area contributed by atoms with Gasteiger partial charge in [0, 0.05) is 25.5 Å². The summed E-state index contributed by atoms with van der Waals surface area (Å²) >= 11 is 0. The number of carbonyl (C=O) groups is 1. The molecule has 1 aliphatic rings. The maximum absolute atomic E-state index is 12.1. The minimum absolute atomic E-state index is 0.00634. The van der Waals surface area contributed by atoms with E-state index in [9.17, 15) is 9.90 Å². The third kappa shape index (κ3) is 2.22. The topological polar surface area (TPSA) is 53.4 Å². The Balaban J connectivity index is 2.06. The van der Waals surface area contributed by atoms with E-state index in [-0.39, 0.29) is 17.9 Å². The van der Waals surface area contributed by atoms with Gasteiger partial charge in [-0.05, 0) is 24.5 Å². The molecule has 0 radical (unpaired) electrons. The molecule has 0 aliphatic carbocycles. The number of likely N-dealkylation sites (tertiary alicyclic amines) is 1. The zero-order valence-corrected chi connectivity index (χ0v) is 9.34. The average molecular weight is 220 g/mol. The van der Waals surface area contributed by atoms with E-state index in [0.717, 1.165) is 0 Å². The van der Waals surface area contributed by atoms with Gasteiger partial charge in [0.25, 0.3) is 5.91 Å². The van der Waals surface area contributed by atoms with Crippen LogP contribution < -0.4 is 0 Å². The number of carbonyl (C=O) groups excluding carboxylic acids is 1. The van der Waals surface area contributed by atoms with E-state index in [1.165, 1.54) is 0 Å². The van der Waals surface area contributed by atoms with Gasteiger partial charge < -0.3 is 10.0 Å². The molecule has 1 amide bonds. The van der Waals surface area contributed by atoms with Gasteiger partial charge in [0.1, 0.15) is 0 Å². The second kappa shape index (κ2) is 4.61. The molecule has 0 saturated carbocycles. The van der Waals surface area contributed by atoms with E-state index in [0.29, 0.717) is 25.1 Å². The summed E-state index contributed by atoms with van der Waals surface area (Å²) in [6.07, 6.45) is 3.61. The Labute approximate surface area is 94.9 Å². The largest absolute Gasteiger partial charge is 0.393 e. The summed E-state index contributed by atoms with van der Waals surface area (Å²) in [6, 6.07) is 3.53. The summed E-state index contributed by atoms with van der Waals surface area (Å²) in [7, 11) is 0. The third-order valence-corrected chi connectivity index (χ3v) is 3.06. The van der Waals surface area contributed by atoms with Crippen LogP contribution in [0.1, 0.15) is 23.7 Å². The van der Waals surface area contributed by atoms with Crippen molar-refractivity contribution in [2.24, 2.45) is 5.92 Å². The first kappa shape index (κ1) is 11.1. The maximum atomic E-state index is 12.1. The SMILES string of the molecule is CC1CN(C(=O)c2cccnc2)CCC1O. The second-order valence-electron chi connectivity index (χ2n) is 4.33. The molecule has 4 heteroatoms. The van der Waals surface area contributed by atoms with E-state index in [4.69, 9.17) is 0 Å². The first-order valence-electron chi connectivity index (χ1n) is 5.56. The summed E-state index contributed by atoms with van der Waals surface area (Å²) in [5.41, 5.74) is 0.617. The van der Waals surface area contributed by atoms with Gasteiger partial charge in [-0.3, -0.25) is 9.78 Å². The monoisotopic (exact) mass is 220 g/mol. The number of pyridine rings is 1. The van der Waals surface area contributed by atoms with Crippen LogP contribution in [0.15, 0.2) is 24.5 Å². The predicted molar refractivity (Wildman–Crippen MR) is 59.9 cm³/mol. The van der Waals surface area contributed by atoms with Crippen LogP contribution in [0.25, 0.3) is 0 Å². The number of aromatic nitrogens is 1. The van der Waals surface area contributed by atoms with Gasteiger partial charge in [0.15, 0.2) is 0 Å². The molecular weight excluding hydrogens is 204 g/mol. The van der Waals surface area contributed by atoms with Gasteiger partial charge in [-0.2, -0.15) is 0 Å². The van der Waals surface area contributed by atoms with Gasteiger partial charge in [0.05, 0.1) is 11.7 Å². The molecule has 1 saturated heterocycles. The van der Waals surface area contributed by atoms with Crippen LogP contribution in [-0.4, -0.2) is 40.1 Å². The molecule has 86 valence electrons. The number of amides is 1. The molecular formula is C12H16N2O2. The lowest BCUT2D eigenvalue weighted by molar-refractivity contribution is 0.0297. The number of piperidine rings is 1. The molecule has 0 aromatic carbocycles. The number of nitrogens with zero attached hydrogens (tertiary/aromatic N) is 2. The second-order valence-corrected chi connectivity index (χ2v) is 4.33. The molecule has 16 heavy (non-hydrogen) atoms. The number of aliphatic hydroxyl groups is 1. The highest BCUT2D eigenvalue weighted by Crippen LogP contribution is 2.18.